The summed E-state index contributed by atoms with van der Waals surface area (Å²) in [4.78, 5) is 4.27. The summed E-state index contributed by atoms with van der Waals surface area (Å²) in [6.45, 7) is 0.573. The molecule has 0 spiro atoms. The number of hydrogen-bond acceptors (Lipinski definition) is 4. The van der Waals surface area contributed by atoms with E-state index in [4.69, 9.17) is 14.2 Å². The van der Waals surface area contributed by atoms with Crippen molar-refractivity contribution in [3.8, 4) is 17.2 Å². The fraction of sp³-hybridized carbons (Fsp3) is 0.471. The standard InChI is InChI=1S/C17H25N3O3/c1-18-17(20-13-7-5-6-8-13)19-11-12-9-10-14(21-2)16(23-4)15(12)22-3/h5-6,9-10,13H,7-8,11H2,1-4H3,(H2,18,19,20). The molecule has 0 unspecified atom stereocenters. The van der Waals surface area contributed by atoms with E-state index in [9.17, 15) is 0 Å². The largest absolute Gasteiger partial charge is 0.493 e. The molecule has 1 aromatic rings. The predicted molar refractivity (Wildman–Crippen MR) is 91.6 cm³/mol. The van der Waals surface area contributed by atoms with Crippen LogP contribution in [0.3, 0.4) is 0 Å². The molecule has 6 nitrogen and oxygen atoms in total. The Balaban J connectivity index is 2.06. The van der Waals surface area contributed by atoms with E-state index in [2.05, 4.69) is 27.8 Å². The lowest BCUT2D eigenvalue weighted by molar-refractivity contribution is 0.322. The van der Waals surface area contributed by atoms with Crippen LogP contribution >= 0.6 is 0 Å². The normalized spacial score (nSPS) is 14.7. The Morgan fingerprint density at radius 1 is 1.09 bits per heavy atom. The van der Waals surface area contributed by atoms with Crippen LogP contribution in [0.2, 0.25) is 0 Å². The van der Waals surface area contributed by atoms with Crippen molar-refractivity contribution >= 4 is 5.96 Å². The lowest BCUT2D eigenvalue weighted by atomic mass is 10.1. The van der Waals surface area contributed by atoms with Gasteiger partial charge in [0.05, 0.1) is 21.3 Å². The van der Waals surface area contributed by atoms with Crippen molar-refractivity contribution in [3.63, 3.8) is 0 Å². The van der Waals surface area contributed by atoms with Crippen molar-refractivity contribution in [1.82, 2.24) is 10.6 Å². The van der Waals surface area contributed by atoms with Gasteiger partial charge < -0.3 is 24.8 Å². The van der Waals surface area contributed by atoms with Gasteiger partial charge in [-0.3, -0.25) is 4.99 Å². The Morgan fingerprint density at radius 2 is 1.78 bits per heavy atom. The highest BCUT2D eigenvalue weighted by Gasteiger charge is 2.16. The summed E-state index contributed by atoms with van der Waals surface area (Å²) in [6.07, 6.45) is 6.42. The maximum Gasteiger partial charge on any atom is 0.203 e. The molecule has 0 fully saturated rings. The Morgan fingerprint density at radius 3 is 2.35 bits per heavy atom. The minimum absolute atomic E-state index is 0.411. The fourth-order valence-corrected chi connectivity index (χ4v) is 2.60. The van der Waals surface area contributed by atoms with Gasteiger partial charge in [-0.05, 0) is 25.0 Å². The molecular formula is C17H25N3O3. The molecule has 1 aliphatic carbocycles. The zero-order chi connectivity index (χ0) is 16.7. The minimum Gasteiger partial charge on any atom is -0.493 e. The third-order valence-corrected chi connectivity index (χ3v) is 3.80. The number of methoxy groups -OCH3 is 3. The molecule has 0 bridgehead atoms. The topological polar surface area (TPSA) is 64.1 Å². The van der Waals surface area contributed by atoms with E-state index in [1.54, 1.807) is 28.4 Å². The minimum atomic E-state index is 0.411. The summed E-state index contributed by atoms with van der Waals surface area (Å²) in [7, 11) is 6.60. The average molecular weight is 319 g/mol. The van der Waals surface area contributed by atoms with Crippen molar-refractivity contribution in [2.75, 3.05) is 28.4 Å². The Kier molecular flexibility index (Phi) is 6.14. The van der Waals surface area contributed by atoms with Crippen LogP contribution in [0.4, 0.5) is 0 Å². The Bertz CT molecular complexity index is 577. The number of ether oxygens (including phenoxy) is 3. The summed E-state index contributed by atoms with van der Waals surface area (Å²) in [6, 6.07) is 4.24. The van der Waals surface area contributed by atoms with Crippen LogP contribution in [0.1, 0.15) is 18.4 Å². The van der Waals surface area contributed by atoms with E-state index in [1.807, 2.05) is 12.1 Å². The summed E-state index contributed by atoms with van der Waals surface area (Å²) in [5.74, 6) is 2.68. The van der Waals surface area contributed by atoms with Crippen LogP contribution in [0.25, 0.3) is 0 Å². The molecule has 2 N–H and O–H groups in total. The molecule has 0 amide bonds. The molecule has 0 saturated heterocycles. The van der Waals surface area contributed by atoms with E-state index in [1.165, 1.54) is 0 Å². The predicted octanol–water partition coefficient (Wildman–Crippen LogP) is 2.10. The summed E-state index contributed by atoms with van der Waals surface area (Å²) in [5, 5.41) is 6.71. The highest BCUT2D eigenvalue weighted by Crippen LogP contribution is 2.39. The van der Waals surface area contributed by atoms with Gasteiger partial charge in [0.15, 0.2) is 17.5 Å². The van der Waals surface area contributed by atoms with E-state index < -0.39 is 0 Å². The smallest absolute Gasteiger partial charge is 0.203 e. The van der Waals surface area contributed by atoms with Gasteiger partial charge in [-0.15, -0.1) is 0 Å². The second-order valence-corrected chi connectivity index (χ2v) is 5.20. The third-order valence-electron chi connectivity index (χ3n) is 3.80. The third kappa shape index (κ3) is 4.09. The SMILES string of the molecule is CN=C(NCc1ccc(OC)c(OC)c1OC)NC1CC=CC1. The Labute approximate surface area is 137 Å². The molecule has 0 aliphatic heterocycles. The van der Waals surface area contributed by atoms with Gasteiger partial charge in [0.1, 0.15) is 0 Å². The first-order valence-electron chi connectivity index (χ1n) is 7.63. The van der Waals surface area contributed by atoms with E-state index >= 15 is 0 Å². The Hall–Kier alpha value is -2.37. The van der Waals surface area contributed by atoms with Crippen LogP contribution in [0.15, 0.2) is 29.3 Å². The van der Waals surface area contributed by atoms with Crippen molar-refractivity contribution in [3.05, 3.63) is 29.8 Å². The molecule has 0 aromatic heterocycles. The second-order valence-electron chi connectivity index (χ2n) is 5.20. The molecule has 0 atom stereocenters. The number of hydrogen-bond donors (Lipinski definition) is 2. The first-order valence-corrected chi connectivity index (χ1v) is 7.63. The van der Waals surface area contributed by atoms with Crippen LogP contribution in [-0.2, 0) is 6.54 Å². The number of nitrogens with zero attached hydrogens (tertiary/aromatic N) is 1. The second kappa shape index (κ2) is 8.31. The lowest BCUT2D eigenvalue weighted by Crippen LogP contribution is -2.42. The molecule has 6 heteroatoms. The zero-order valence-corrected chi connectivity index (χ0v) is 14.2. The lowest BCUT2D eigenvalue weighted by Gasteiger charge is -2.19. The molecule has 0 radical (unpaired) electrons. The number of rotatable bonds is 6. The van der Waals surface area contributed by atoms with Crippen LogP contribution in [0.5, 0.6) is 17.2 Å². The van der Waals surface area contributed by atoms with Crippen LogP contribution in [-0.4, -0.2) is 40.4 Å². The highest BCUT2D eigenvalue weighted by molar-refractivity contribution is 5.80. The van der Waals surface area contributed by atoms with Gasteiger partial charge in [-0.1, -0.05) is 12.2 Å². The number of benzene rings is 1. The molecule has 0 heterocycles. The van der Waals surface area contributed by atoms with Crippen molar-refractivity contribution < 1.29 is 14.2 Å². The monoisotopic (exact) mass is 319 g/mol. The molecule has 1 aliphatic rings. The summed E-state index contributed by atoms with van der Waals surface area (Å²) < 4.78 is 16.2. The molecular weight excluding hydrogens is 294 g/mol. The van der Waals surface area contributed by atoms with Gasteiger partial charge in [-0.25, -0.2) is 0 Å². The van der Waals surface area contributed by atoms with Crippen molar-refractivity contribution in [2.24, 2.45) is 4.99 Å². The van der Waals surface area contributed by atoms with Gasteiger partial charge in [0, 0.05) is 25.2 Å². The molecule has 0 saturated carbocycles. The number of nitrogens with one attached hydrogen (secondary N) is 2. The first kappa shape index (κ1) is 17.0. The molecule has 1 aromatic carbocycles. The summed E-state index contributed by atoms with van der Waals surface area (Å²) in [5.41, 5.74) is 0.970. The van der Waals surface area contributed by atoms with Crippen molar-refractivity contribution in [1.29, 1.82) is 0 Å². The maximum atomic E-state index is 5.49. The molecule has 2 rings (SSSR count). The van der Waals surface area contributed by atoms with Gasteiger partial charge in [0.2, 0.25) is 5.75 Å². The fourth-order valence-electron chi connectivity index (χ4n) is 2.60. The molecule has 23 heavy (non-hydrogen) atoms. The average Bonchev–Trinajstić information content (AvgIpc) is 3.10. The number of aliphatic imine (C=N–C) groups is 1. The molecule has 126 valence electrons. The van der Waals surface area contributed by atoms with Crippen molar-refractivity contribution in [2.45, 2.75) is 25.4 Å². The van der Waals surface area contributed by atoms with Crippen LogP contribution < -0.4 is 24.8 Å². The van der Waals surface area contributed by atoms with Gasteiger partial charge in [-0.2, -0.15) is 0 Å². The van der Waals surface area contributed by atoms with Crippen LogP contribution in [0, 0.1) is 0 Å². The highest BCUT2D eigenvalue weighted by atomic mass is 16.5. The maximum absolute atomic E-state index is 5.49. The van der Waals surface area contributed by atoms with E-state index in [0.29, 0.717) is 29.8 Å². The summed E-state index contributed by atoms with van der Waals surface area (Å²) >= 11 is 0. The van der Waals surface area contributed by atoms with E-state index in [-0.39, 0.29) is 0 Å². The quantitative estimate of drug-likeness (QED) is 0.477. The number of guanidine groups is 1. The van der Waals surface area contributed by atoms with Gasteiger partial charge in [0.25, 0.3) is 0 Å². The van der Waals surface area contributed by atoms with E-state index in [0.717, 1.165) is 24.4 Å². The zero-order valence-electron chi connectivity index (χ0n) is 14.2. The first-order chi connectivity index (χ1) is 11.2. The van der Waals surface area contributed by atoms with Gasteiger partial charge >= 0.3 is 0 Å².